The van der Waals surface area contributed by atoms with Crippen LogP contribution in [0.4, 0.5) is 10.6 Å². The maximum atomic E-state index is 12.2. The molecule has 0 spiro atoms. The maximum Gasteiger partial charge on any atom is 0.413 e. The lowest BCUT2D eigenvalue weighted by atomic mass is 10.1. The molecule has 1 aliphatic heterocycles. The molecule has 2 heterocycles. The smallest absolute Gasteiger partial charge is 0.413 e. The van der Waals surface area contributed by atoms with Crippen molar-refractivity contribution in [2.45, 2.75) is 51.4 Å². The zero-order valence-corrected chi connectivity index (χ0v) is 13.5. The predicted octanol–water partition coefficient (Wildman–Crippen LogP) is -0.179. The normalized spacial score (nSPS) is 26.2. The van der Waals surface area contributed by atoms with Crippen LogP contribution >= 0.6 is 0 Å². The Labute approximate surface area is 138 Å². The van der Waals surface area contributed by atoms with Crippen molar-refractivity contribution in [2.75, 3.05) is 5.32 Å². The number of carbonyl (C=O) groups excluding carboxylic acids is 1. The summed E-state index contributed by atoms with van der Waals surface area (Å²) in [5.74, 6) is 2.16. The van der Waals surface area contributed by atoms with Gasteiger partial charge >= 0.3 is 11.8 Å². The fraction of sp³-hybridized carbons (Fsp3) is 0.533. The minimum Gasteiger partial charge on any atom is -0.447 e. The summed E-state index contributed by atoms with van der Waals surface area (Å²) >= 11 is 0. The molecule has 0 saturated carbocycles. The first kappa shape index (κ1) is 17.9. The average molecular weight is 337 g/mol. The minimum atomic E-state index is -1.31. The lowest BCUT2D eigenvalue weighted by Crippen LogP contribution is -2.36. The van der Waals surface area contributed by atoms with Crippen molar-refractivity contribution < 1.29 is 24.5 Å². The summed E-state index contributed by atoms with van der Waals surface area (Å²) in [6, 6.07) is 0. The number of terminal acetylenes is 1. The standard InChI is InChI=1S/C15H19N3O6/c1-5-9-6-18(13-11(20)10(19)8(4)24-13)14(21)16-12(9)17-15(22)23-7(2)3/h1,6-8,10-11,13,19-20H,2-4H3,(H,16,17,21,22)/t8-,10?,11?,13-/m1/s1. The molecule has 1 saturated heterocycles. The Morgan fingerprint density at radius 2 is 2.17 bits per heavy atom. The molecule has 4 atom stereocenters. The summed E-state index contributed by atoms with van der Waals surface area (Å²) in [6.07, 6.45) is 1.21. The van der Waals surface area contributed by atoms with E-state index in [0.717, 1.165) is 4.57 Å². The van der Waals surface area contributed by atoms with Gasteiger partial charge in [0, 0.05) is 6.20 Å². The Hall–Kier alpha value is -2.41. The number of hydrogen-bond acceptors (Lipinski definition) is 7. The van der Waals surface area contributed by atoms with Crippen molar-refractivity contribution in [1.29, 1.82) is 0 Å². The molecule has 1 aromatic rings. The van der Waals surface area contributed by atoms with Gasteiger partial charge in [-0.15, -0.1) is 6.42 Å². The van der Waals surface area contributed by atoms with Gasteiger partial charge < -0.3 is 19.7 Å². The van der Waals surface area contributed by atoms with E-state index in [2.05, 4.69) is 16.2 Å². The number of aliphatic hydroxyl groups is 2. The summed E-state index contributed by atoms with van der Waals surface area (Å²) < 4.78 is 11.2. The Balaban J connectivity index is 2.33. The lowest BCUT2D eigenvalue weighted by molar-refractivity contribution is -0.0350. The second-order valence-electron chi connectivity index (χ2n) is 5.63. The molecule has 2 rings (SSSR count). The Morgan fingerprint density at radius 1 is 1.50 bits per heavy atom. The van der Waals surface area contributed by atoms with E-state index < -0.39 is 36.3 Å². The van der Waals surface area contributed by atoms with E-state index in [1.807, 2.05) is 0 Å². The van der Waals surface area contributed by atoms with Gasteiger partial charge in [-0.05, 0) is 20.8 Å². The fourth-order valence-electron chi connectivity index (χ4n) is 2.25. The highest BCUT2D eigenvalue weighted by Crippen LogP contribution is 2.28. The lowest BCUT2D eigenvalue weighted by Gasteiger charge is -2.18. The van der Waals surface area contributed by atoms with E-state index in [0.29, 0.717) is 0 Å². The molecule has 0 bridgehead atoms. The van der Waals surface area contributed by atoms with Crippen molar-refractivity contribution in [1.82, 2.24) is 9.55 Å². The van der Waals surface area contributed by atoms with Crippen LogP contribution in [0.3, 0.4) is 0 Å². The highest BCUT2D eigenvalue weighted by molar-refractivity contribution is 5.85. The van der Waals surface area contributed by atoms with Crippen LogP contribution in [-0.2, 0) is 9.47 Å². The predicted molar refractivity (Wildman–Crippen MR) is 83.3 cm³/mol. The quantitative estimate of drug-likeness (QED) is 0.654. The fourth-order valence-corrected chi connectivity index (χ4v) is 2.25. The number of carbonyl (C=O) groups is 1. The van der Waals surface area contributed by atoms with Gasteiger partial charge in [0.1, 0.15) is 12.2 Å². The molecule has 0 aromatic carbocycles. The van der Waals surface area contributed by atoms with Gasteiger partial charge in [-0.2, -0.15) is 4.98 Å². The van der Waals surface area contributed by atoms with Gasteiger partial charge in [0.25, 0.3) is 0 Å². The third-order valence-corrected chi connectivity index (χ3v) is 3.42. The summed E-state index contributed by atoms with van der Waals surface area (Å²) in [7, 11) is 0. The van der Waals surface area contributed by atoms with Crippen LogP contribution < -0.4 is 11.0 Å². The van der Waals surface area contributed by atoms with E-state index in [1.165, 1.54) is 6.20 Å². The number of aliphatic hydroxyl groups excluding tert-OH is 2. The number of ether oxygens (including phenoxy) is 2. The van der Waals surface area contributed by atoms with Crippen LogP contribution in [-0.4, -0.2) is 50.3 Å². The number of aromatic nitrogens is 2. The number of anilines is 1. The molecule has 130 valence electrons. The molecule has 2 unspecified atom stereocenters. The molecular weight excluding hydrogens is 318 g/mol. The van der Waals surface area contributed by atoms with E-state index in [-0.39, 0.29) is 17.5 Å². The van der Waals surface area contributed by atoms with Gasteiger partial charge in [0.05, 0.1) is 17.8 Å². The number of rotatable bonds is 3. The summed E-state index contributed by atoms with van der Waals surface area (Å²) in [6.45, 7) is 4.89. The zero-order chi connectivity index (χ0) is 18.0. The first-order chi connectivity index (χ1) is 11.2. The molecule has 1 aromatic heterocycles. The van der Waals surface area contributed by atoms with Crippen LogP contribution in [0, 0.1) is 12.3 Å². The van der Waals surface area contributed by atoms with Crippen molar-refractivity contribution >= 4 is 11.9 Å². The second kappa shape index (κ2) is 7.00. The number of amides is 1. The van der Waals surface area contributed by atoms with Crippen LogP contribution in [0.15, 0.2) is 11.0 Å². The molecule has 3 N–H and O–H groups in total. The first-order valence-corrected chi connectivity index (χ1v) is 7.33. The van der Waals surface area contributed by atoms with Crippen molar-refractivity contribution in [2.24, 2.45) is 0 Å². The number of hydrogen-bond donors (Lipinski definition) is 3. The Bertz CT molecular complexity index is 723. The van der Waals surface area contributed by atoms with Crippen LogP contribution in [0.5, 0.6) is 0 Å². The Morgan fingerprint density at radius 3 is 2.67 bits per heavy atom. The second-order valence-corrected chi connectivity index (χ2v) is 5.63. The molecule has 0 radical (unpaired) electrons. The minimum absolute atomic E-state index is 0.0974. The van der Waals surface area contributed by atoms with Crippen molar-refractivity contribution in [3.8, 4) is 12.3 Å². The number of nitrogens with zero attached hydrogens (tertiary/aromatic N) is 2. The van der Waals surface area contributed by atoms with Gasteiger partial charge in [-0.3, -0.25) is 9.88 Å². The topological polar surface area (TPSA) is 123 Å². The monoisotopic (exact) mass is 337 g/mol. The molecule has 9 nitrogen and oxygen atoms in total. The van der Waals surface area contributed by atoms with Gasteiger partial charge in [0.2, 0.25) is 0 Å². The first-order valence-electron chi connectivity index (χ1n) is 7.33. The maximum absolute atomic E-state index is 12.2. The Kier molecular flexibility index (Phi) is 5.23. The molecule has 9 heteroatoms. The van der Waals surface area contributed by atoms with Crippen LogP contribution in [0.2, 0.25) is 0 Å². The highest BCUT2D eigenvalue weighted by atomic mass is 16.6. The summed E-state index contributed by atoms with van der Waals surface area (Å²) in [5.41, 5.74) is -0.709. The average Bonchev–Trinajstić information content (AvgIpc) is 2.74. The van der Waals surface area contributed by atoms with E-state index in [4.69, 9.17) is 15.9 Å². The number of nitrogens with one attached hydrogen (secondary N) is 1. The van der Waals surface area contributed by atoms with Crippen LogP contribution in [0.1, 0.15) is 32.6 Å². The van der Waals surface area contributed by atoms with E-state index >= 15 is 0 Å². The van der Waals surface area contributed by atoms with Crippen molar-refractivity contribution in [3.63, 3.8) is 0 Å². The van der Waals surface area contributed by atoms with Crippen LogP contribution in [0.25, 0.3) is 0 Å². The molecule has 1 amide bonds. The third kappa shape index (κ3) is 3.56. The van der Waals surface area contributed by atoms with E-state index in [1.54, 1.807) is 20.8 Å². The van der Waals surface area contributed by atoms with Gasteiger partial charge in [-0.1, -0.05) is 5.92 Å². The van der Waals surface area contributed by atoms with Gasteiger partial charge in [-0.25, -0.2) is 9.59 Å². The molecule has 0 aliphatic carbocycles. The third-order valence-electron chi connectivity index (χ3n) is 3.42. The van der Waals surface area contributed by atoms with Crippen molar-refractivity contribution in [3.05, 3.63) is 22.2 Å². The molecule has 24 heavy (non-hydrogen) atoms. The highest BCUT2D eigenvalue weighted by Gasteiger charge is 2.42. The zero-order valence-electron chi connectivity index (χ0n) is 13.5. The summed E-state index contributed by atoms with van der Waals surface area (Å²) in [4.78, 5) is 27.5. The molecule has 1 fully saturated rings. The SMILES string of the molecule is C#Cc1cn([C@@H]2O[C@H](C)C(O)C2O)c(=O)nc1NC(=O)OC(C)C. The molecule has 1 aliphatic rings. The van der Waals surface area contributed by atoms with Gasteiger partial charge in [0.15, 0.2) is 12.0 Å². The summed E-state index contributed by atoms with van der Waals surface area (Å²) in [5, 5.41) is 22.0. The van der Waals surface area contributed by atoms with E-state index in [9.17, 15) is 19.8 Å². The molecular formula is C15H19N3O6. The largest absolute Gasteiger partial charge is 0.447 e.